The first-order chi connectivity index (χ1) is 4.43. The van der Waals surface area contributed by atoms with Gasteiger partial charge in [-0.1, -0.05) is 0 Å². The molecule has 0 aromatic carbocycles. The molecule has 0 fully saturated rings. The highest BCUT2D eigenvalue weighted by atomic mass is 32.2. The van der Waals surface area contributed by atoms with Crippen molar-refractivity contribution in [2.45, 2.75) is 0 Å². The molecule has 2 nitrogen and oxygen atoms in total. The van der Waals surface area contributed by atoms with Gasteiger partial charge in [0.05, 0.1) is 5.04 Å². The molecule has 9 heavy (non-hydrogen) atoms. The van der Waals surface area contributed by atoms with Gasteiger partial charge < -0.3 is 0 Å². The topological polar surface area (TPSA) is 29.4 Å². The average molecular weight is 141 g/mol. The molecule has 0 bridgehead atoms. The Kier molecular flexibility index (Phi) is 2.51. The molecule has 0 atom stereocenters. The van der Waals surface area contributed by atoms with Crippen molar-refractivity contribution in [3.63, 3.8) is 0 Å². The number of allylic oxidation sites excluding steroid dienone is 1. The molecule has 0 radical (unpaired) electrons. The Balaban J connectivity index is 2.42. The van der Waals surface area contributed by atoms with E-state index in [1.165, 1.54) is 6.08 Å². The summed E-state index contributed by atoms with van der Waals surface area (Å²) in [5.74, 6) is 1.05. The van der Waals surface area contributed by atoms with Gasteiger partial charge in [-0.25, -0.2) is 0 Å². The van der Waals surface area contributed by atoms with E-state index in [9.17, 15) is 4.79 Å². The highest BCUT2D eigenvalue weighted by Gasteiger charge is 2.00. The second-order valence-corrected chi connectivity index (χ2v) is 2.68. The maximum atomic E-state index is 9.81. The largest absolute Gasteiger partial charge is 0.299 e. The molecule has 1 rings (SSSR count). The maximum Gasteiger partial charge on any atom is 0.142 e. The lowest BCUT2D eigenvalue weighted by atomic mass is 10.5. The first-order valence-electron chi connectivity index (χ1n) is 2.72. The van der Waals surface area contributed by atoms with Gasteiger partial charge in [0.1, 0.15) is 6.29 Å². The average Bonchev–Trinajstić information content (AvgIpc) is 2.34. The summed E-state index contributed by atoms with van der Waals surface area (Å²) in [6.07, 6.45) is 3.98. The second kappa shape index (κ2) is 3.45. The SMILES string of the molecule is O=CC=CC1=NCCS1. The minimum Gasteiger partial charge on any atom is -0.299 e. The molecule has 1 heterocycles. The fourth-order valence-corrected chi connectivity index (χ4v) is 1.32. The van der Waals surface area contributed by atoms with E-state index >= 15 is 0 Å². The summed E-state index contributed by atoms with van der Waals surface area (Å²) in [4.78, 5) is 13.9. The smallest absolute Gasteiger partial charge is 0.142 e. The third-order valence-corrected chi connectivity index (χ3v) is 1.87. The predicted octanol–water partition coefficient (Wildman–Crippen LogP) is 0.887. The molecule has 1 aliphatic heterocycles. The first-order valence-corrected chi connectivity index (χ1v) is 3.71. The standard InChI is InChI=1S/C6H7NOS/c8-4-1-2-6-7-3-5-9-6/h1-2,4H,3,5H2. The number of rotatable bonds is 2. The van der Waals surface area contributed by atoms with Crippen LogP contribution in [-0.2, 0) is 4.79 Å². The van der Waals surface area contributed by atoms with E-state index in [-0.39, 0.29) is 0 Å². The molecule has 0 aliphatic carbocycles. The maximum absolute atomic E-state index is 9.81. The molecule has 0 aromatic rings. The van der Waals surface area contributed by atoms with E-state index in [0.717, 1.165) is 23.6 Å². The Bertz CT molecular complexity index is 162. The van der Waals surface area contributed by atoms with Crippen LogP contribution in [0.4, 0.5) is 0 Å². The van der Waals surface area contributed by atoms with E-state index < -0.39 is 0 Å². The van der Waals surface area contributed by atoms with Crippen LogP contribution in [-0.4, -0.2) is 23.6 Å². The molecular formula is C6H7NOS. The summed E-state index contributed by atoms with van der Waals surface area (Å²) in [5.41, 5.74) is 0. The minimum absolute atomic E-state index is 0.765. The number of nitrogens with zero attached hydrogens (tertiary/aromatic N) is 1. The molecule has 0 N–H and O–H groups in total. The fourth-order valence-electron chi connectivity index (χ4n) is 0.574. The zero-order chi connectivity index (χ0) is 6.53. The quantitative estimate of drug-likeness (QED) is 0.422. The molecular weight excluding hydrogens is 134 g/mol. The number of aliphatic imine (C=N–C) groups is 1. The van der Waals surface area contributed by atoms with E-state index in [0.29, 0.717) is 0 Å². The van der Waals surface area contributed by atoms with Gasteiger partial charge in [-0.05, 0) is 12.2 Å². The van der Waals surface area contributed by atoms with Crippen LogP contribution < -0.4 is 0 Å². The van der Waals surface area contributed by atoms with Gasteiger partial charge in [0, 0.05) is 12.3 Å². The van der Waals surface area contributed by atoms with Crippen molar-refractivity contribution in [3.8, 4) is 0 Å². The molecule has 48 valence electrons. The van der Waals surface area contributed by atoms with E-state index in [4.69, 9.17) is 0 Å². The van der Waals surface area contributed by atoms with Crippen molar-refractivity contribution < 1.29 is 4.79 Å². The lowest BCUT2D eigenvalue weighted by Crippen LogP contribution is -1.77. The lowest BCUT2D eigenvalue weighted by molar-refractivity contribution is -0.104. The van der Waals surface area contributed by atoms with Gasteiger partial charge >= 0.3 is 0 Å². The van der Waals surface area contributed by atoms with Crippen LogP contribution >= 0.6 is 11.8 Å². The molecule has 0 unspecified atom stereocenters. The molecule has 0 spiro atoms. The summed E-state index contributed by atoms with van der Waals surface area (Å²) in [7, 11) is 0. The van der Waals surface area contributed by atoms with Crippen LogP contribution in [0.2, 0.25) is 0 Å². The third-order valence-electron chi connectivity index (χ3n) is 0.926. The Morgan fingerprint density at radius 3 is 3.11 bits per heavy atom. The van der Waals surface area contributed by atoms with Crippen LogP contribution in [0.25, 0.3) is 0 Å². The molecule has 0 aromatic heterocycles. The van der Waals surface area contributed by atoms with Crippen molar-refractivity contribution in [1.82, 2.24) is 0 Å². The highest BCUT2D eigenvalue weighted by molar-refractivity contribution is 8.14. The van der Waals surface area contributed by atoms with Crippen molar-refractivity contribution >= 4 is 23.1 Å². The number of hydrogen-bond donors (Lipinski definition) is 0. The number of aldehydes is 1. The van der Waals surface area contributed by atoms with Crippen molar-refractivity contribution in [1.29, 1.82) is 0 Å². The Hall–Kier alpha value is -0.570. The van der Waals surface area contributed by atoms with E-state index in [1.807, 2.05) is 0 Å². The Morgan fingerprint density at radius 1 is 1.67 bits per heavy atom. The summed E-state index contributed by atoms with van der Waals surface area (Å²) in [6.45, 7) is 0.892. The van der Waals surface area contributed by atoms with Gasteiger partial charge in [0.2, 0.25) is 0 Å². The monoisotopic (exact) mass is 141 g/mol. The number of thioether (sulfide) groups is 1. The van der Waals surface area contributed by atoms with Gasteiger partial charge in [0.15, 0.2) is 0 Å². The van der Waals surface area contributed by atoms with Crippen molar-refractivity contribution in [2.24, 2.45) is 4.99 Å². The second-order valence-electron chi connectivity index (χ2n) is 1.56. The van der Waals surface area contributed by atoms with Gasteiger partial charge in [-0.3, -0.25) is 9.79 Å². The van der Waals surface area contributed by atoms with Gasteiger partial charge in [0.25, 0.3) is 0 Å². The molecule has 0 saturated heterocycles. The zero-order valence-corrected chi connectivity index (χ0v) is 5.73. The van der Waals surface area contributed by atoms with Crippen molar-refractivity contribution in [2.75, 3.05) is 12.3 Å². The molecule has 0 saturated carbocycles. The van der Waals surface area contributed by atoms with Gasteiger partial charge in [-0.2, -0.15) is 0 Å². The number of carbonyl (C=O) groups excluding carboxylic acids is 1. The predicted molar refractivity (Wildman–Crippen MR) is 40.0 cm³/mol. The van der Waals surface area contributed by atoms with Crippen LogP contribution in [0.5, 0.6) is 0 Å². The van der Waals surface area contributed by atoms with Crippen LogP contribution in [0, 0.1) is 0 Å². The number of carbonyl (C=O) groups is 1. The Labute approximate surface area is 58.0 Å². The molecule has 0 amide bonds. The highest BCUT2D eigenvalue weighted by Crippen LogP contribution is 2.11. The third kappa shape index (κ3) is 2.01. The normalized spacial score (nSPS) is 18.4. The van der Waals surface area contributed by atoms with E-state index in [2.05, 4.69) is 4.99 Å². The summed E-state index contributed by atoms with van der Waals surface area (Å²) >= 11 is 1.69. The fraction of sp³-hybridized carbons (Fsp3) is 0.333. The lowest BCUT2D eigenvalue weighted by Gasteiger charge is -1.82. The number of hydrogen-bond acceptors (Lipinski definition) is 3. The minimum atomic E-state index is 0.765. The summed E-state index contributed by atoms with van der Waals surface area (Å²) < 4.78 is 0. The van der Waals surface area contributed by atoms with Crippen molar-refractivity contribution in [3.05, 3.63) is 12.2 Å². The van der Waals surface area contributed by atoms with Crippen LogP contribution in [0.3, 0.4) is 0 Å². The molecule has 1 aliphatic rings. The zero-order valence-electron chi connectivity index (χ0n) is 4.91. The Morgan fingerprint density at radius 2 is 2.56 bits per heavy atom. The van der Waals surface area contributed by atoms with Gasteiger partial charge in [-0.15, -0.1) is 11.8 Å². The molecule has 3 heteroatoms. The summed E-state index contributed by atoms with van der Waals surface area (Å²) in [5, 5.41) is 0.974. The van der Waals surface area contributed by atoms with E-state index in [1.54, 1.807) is 17.8 Å². The first kappa shape index (κ1) is 6.55. The van der Waals surface area contributed by atoms with Crippen LogP contribution in [0.15, 0.2) is 17.1 Å². The summed E-state index contributed by atoms with van der Waals surface area (Å²) in [6, 6.07) is 0. The van der Waals surface area contributed by atoms with Crippen LogP contribution in [0.1, 0.15) is 0 Å².